The zero-order valence-corrected chi connectivity index (χ0v) is 13.4. The fourth-order valence-electron chi connectivity index (χ4n) is 2.61. The van der Waals surface area contributed by atoms with Gasteiger partial charge in [-0.25, -0.2) is 0 Å². The summed E-state index contributed by atoms with van der Waals surface area (Å²) in [5, 5.41) is 2.18. The topological polar surface area (TPSA) is 3.24 Å². The van der Waals surface area contributed by atoms with Gasteiger partial charge in [0.05, 0.1) is 0 Å². The lowest BCUT2D eigenvalue weighted by Gasteiger charge is -2.38. The Morgan fingerprint density at radius 1 is 1.35 bits per heavy atom. The van der Waals surface area contributed by atoms with Crippen LogP contribution in [0, 0.1) is 11.3 Å². The van der Waals surface area contributed by atoms with Crippen LogP contribution in [0.15, 0.2) is 15.9 Å². The fourth-order valence-corrected chi connectivity index (χ4v) is 4.11. The van der Waals surface area contributed by atoms with Crippen LogP contribution in [0.5, 0.6) is 0 Å². The molecule has 0 N–H and O–H groups in total. The van der Waals surface area contributed by atoms with Crippen LogP contribution in [0.4, 0.5) is 0 Å². The Labute approximate surface area is 117 Å². The van der Waals surface area contributed by atoms with Gasteiger partial charge in [0.2, 0.25) is 0 Å². The van der Waals surface area contributed by atoms with Crippen molar-refractivity contribution < 1.29 is 0 Å². The van der Waals surface area contributed by atoms with Gasteiger partial charge in [0.1, 0.15) is 0 Å². The Morgan fingerprint density at radius 3 is 2.47 bits per heavy atom. The molecule has 0 spiro atoms. The van der Waals surface area contributed by atoms with Crippen molar-refractivity contribution in [2.45, 2.75) is 40.2 Å². The van der Waals surface area contributed by atoms with Crippen LogP contribution in [-0.2, 0) is 6.54 Å². The number of halogens is 1. The van der Waals surface area contributed by atoms with Crippen LogP contribution < -0.4 is 0 Å². The minimum absolute atomic E-state index is 0.484. The zero-order chi connectivity index (χ0) is 12.5. The minimum atomic E-state index is 0.484. The van der Waals surface area contributed by atoms with Crippen LogP contribution in [-0.4, -0.2) is 18.0 Å². The van der Waals surface area contributed by atoms with Crippen molar-refractivity contribution in [1.82, 2.24) is 4.90 Å². The van der Waals surface area contributed by atoms with E-state index >= 15 is 0 Å². The lowest BCUT2D eigenvalue weighted by atomic mass is 9.75. The highest BCUT2D eigenvalue weighted by Gasteiger charge is 2.28. The molecule has 0 aliphatic carbocycles. The molecule has 1 aromatic heterocycles. The highest BCUT2D eigenvalue weighted by molar-refractivity contribution is 9.10. The van der Waals surface area contributed by atoms with Gasteiger partial charge >= 0.3 is 0 Å². The molecule has 96 valence electrons. The molecule has 1 aliphatic heterocycles. The molecule has 0 amide bonds. The summed E-state index contributed by atoms with van der Waals surface area (Å²) in [4.78, 5) is 4.08. The summed E-state index contributed by atoms with van der Waals surface area (Å²) >= 11 is 5.39. The quantitative estimate of drug-likeness (QED) is 0.760. The number of likely N-dealkylation sites (tertiary alicyclic amines) is 1. The lowest BCUT2D eigenvalue weighted by molar-refractivity contribution is 0.109. The molecule has 0 unspecified atom stereocenters. The maximum atomic E-state index is 3.52. The first kappa shape index (κ1) is 13.6. The number of piperidine rings is 1. The molecule has 1 fully saturated rings. The summed E-state index contributed by atoms with van der Waals surface area (Å²) in [6.07, 6.45) is 2.71. The molecule has 3 heteroatoms. The van der Waals surface area contributed by atoms with Crippen LogP contribution in [0.3, 0.4) is 0 Å². The first-order valence-corrected chi connectivity index (χ1v) is 8.07. The molecular formula is C14H22BrNS. The third kappa shape index (κ3) is 3.80. The van der Waals surface area contributed by atoms with Gasteiger partial charge in [0.15, 0.2) is 0 Å². The largest absolute Gasteiger partial charge is 0.298 e. The normalized spacial score (nSPS) is 19.8. The maximum absolute atomic E-state index is 3.52. The van der Waals surface area contributed by atoms with E-state index in [1.54, 1.807) is 0 Å². The van der Waals surface area contributed by atoms with Gasteiger partial charge in [0, 0.05) is 21.3 Å². The molecule has 1 aliphatic rings. The van der Waals surface area contributed by atoms with E-state index in [2.05, 4.69) is 53.0 Å². The van der Waals surface area contributed by atoms with Crippen LogP contribution >= 0.6 is 27.3 Å². The Hall–Kier alpha value is 0.140. The number of thiophene rings is 1. The molecule has 0 aromatic carbocycles. The van der Waals surface area contributed by atoms with E-state index in [0.717, 1.165) is 12.5 Å². The Balaban J connectivity index is 1.83. The number of hydrogen-bond acceptors (Lipinski definition) is 2. The number of nitrogens with zero attached hydrogens (tertiary/aromatic N) is 1. The van der Waals surface area contributed by atoms with Crippen LogP contribution in [0.25, 0.3) is 0 Å². The second-order valence-electron chi connectivity index (χ2n) is 6.15. The summed E-state index contributed by atoms with van der Waals surface area (Å²) < 4.78 is 1.22. The van der Waals surface area contributed by atoms with Crippen molar-refractivity contribution in [3.63, 3.8) is 0 Å². The van der Waals surface area contributed by atoms with Gasteiger partial charge in [-0.1, -0.05) is 20.8 Å². The SMILES string of the molecule is CC(C)(C)C1CCN(Cc2cc(Br)cs2)CC1. The van der Waals surface area contributed by atoms with E-state index in [9.17, 15) is 0 Å². The summed E-state index contributed by atoms with van der Waals surface area (Å²) in [5.74, 6) is 0.897. The third-order valence-corrected chi connectivity index (χ3v) is 5.50. The molecular weight excluding hydrogens is 294 g/mol. The van der Waals surface area contributed by atoms with Crippen molar-refractivity contribution in [3.8, 4) is 0 Å². The van der Waals surface area contributed by atoms with Crippen molar-refractivity contribution in [3.05, 3.63) is 20.8 Å². The van der Waals surface area contributed by atoms with Gasteiger partial charge in [-0.15, -0.1) is 11.3 Å². The Bertz CT molecular complexity index is 359. The van der Waals surface area contributed by atoms with Gasteiger partial charge in [0.25, 0.3) is 0 Å². The second kappa shape index (κ2) is 5.41. The molecule has 2 heterocycles. The highest BCUT2D eigenvalue weighted by Crippen LogP contribution is 2.34. The van der Waals surface area contributed by atoms with E-state index in [4.69, 9.17) is 0 Å². The molecule has 0 atom stereocenters. The summed E-state index contributed by atoms with van der Waals surface area (Å²) in [6, 6.07) is 2.25. The van der Waals surface area contributed by atoms with Gasteiger partial charge in [-0.05, 0) is 59.3 Å². The standard InChI is InChI=1S/C14H22BrNS/c1-14(2,3)11-4-6-16(7-5-11)9-13-8-12(15)10-17-13/h8,10-11H,4-7,9H2,1-3H3. The maximum Gasteiger partial charge on any atom is 0.0328 e. The van der Waals surface area contributed by atoms with E-state index in [1.165, 1.54) is 35.3 Å². The predicted octanol–water partition coefficient (Wildman–Crippen LogP) is 4.77. The molecule has 0 bridgehead atoms. The molecule has 1 nitrogen and oxygen atoms in total. The van der Waals surface area contributed by atoms with Crippen LogP contribution in [0.2, 0.25) is 0 Å². The summed E-state index contributed by atoms with van der Waals surface area (Å²) in [6.45, 7) is 10.8. The van der Waals surface area contributed by atoms with E-state index in [-0.39, 0.29) is 0 Å². The average molecular weight is 316 g/mol. The molecule has 0 radical (unpaired) electrons. The summed E-state index contributed by atoms with van der Waals surface area (Å²) in [5.41, 5.74) is 0.484. The number of hydrogen-bond donors (Lipinski definition) is 0. The first-order valence-electron chi connectivity index (χ1n) is 6.40. The predicted molar refractivity (Wildman–Crippen MR) is 79.5 cm³/mol. The summed E-state index contributed by atoms with van der Waals surface area (Å²) in [7, 11) is 0. The van der Waals surface area contributed by atoms with E-state index in [1.807, 2.05) is 11.3 Å². The van der Waals surface area contributed by atoms with Crippen molar-refractivity contribution in [2.75, 3.05) is 13.1 Å². The minimum Gasteiger partial charge on any atom is -0.298 e. The molecule has 17 heavy (non-hydrogen) atoms. The van der Waals surface area contributed by atoms with E-state index < -0.39 is 0 Å². The van der Waals surface area contributed by atoms with Gasteiger partial charge < -0.3 is 0 Å². The lowest BCUT2D eigenvalue weighted by Crippen LogP contribution is -2.37. The van der Waals surface area contributed by atoms with Crippen molar-refractivity contribution >= 4 is 27.3 Å². The molecule has 2 rings (SSSR count). The molecule has 0 saturated carbocycles. The van der Waals surface area contributed by atoms with Crippen molar-refractivity contribution in [2.24, 2.45) is 11.3 Å². The third-order valence-electron chi connectivity index (χ3n) is 3.81. The zero-order valence-electron chi connectivity index (χ0n) is 11.0. The van der Waals surface area contributed by atoms with E-state index in [0.29, 0.717) is 5.41 Å². The van der Waals surface area contributed by atoms with Gasteiger partial charge in [-0.2, -0.15) is 0 Å². The molecule has 1 aromatic rings. The number of rotatable bonds is 2. The Morgan fingerprint density at radius 2 is 2.00 bits per heavy atom. The second-order valence-corrected chi connectivity index (χ2v) is 8.06. The monoisotopic (exact) mass is 315 g/mol. The van der Waals surface area contributed by atoms with Gasteiger partial charge in [-0.3, -0.25) is 4.90 Å². The first-order chi connectivity index (χ1) is 7.95. The van der Waals surface area contributed by atoms with Crippen LogP contribution in [0.1, 0.15) is 38.5 Å². The van der Waals surface area contributed by atoms with Crippen molar-refractivity contribution in [1.29, 1.82) is 0 Å². The highest BCUT2D eigenvalue weighted by atomic mass is 79.9. The Kier molecular flexibility index (Phi) is 4.32. The molecule has 1 saturated heterocycles. The fraction of sp³-hybridized carbons (Fsp3) is 0.714. The smallest absolute Gasteiger partial charge is 0.0328 e. The average Bonchev–Trinajstić information content (AvgIpc) is 2.63.